The molecular formula is C15H25N3O2. The predicted molar refractivity (Wildman–Crippen MR) is 77.8 cm³/mol. The molecule has 0 spiro atoms. The van der Waals surface area contributed by atoms with Crippen LogP contribution in [-0.4, -0.2) is 33.2 Å². The lowest BCUT2D eigenvalue weighted by molar-refractivity contribution is -0.145. The minimum absolute atomic E-state index is 0.598. The fourth-order valence-electron chi connectivity index (χ4n) is 3.12. The molecule has 0 aliphatic heterocycles. The molecule has 2 N–H and O–H groups in total. The SMILES string of the molecule is CCC(CCCn1cnc2c1CCCC2)(NC)C(=O)O. The number of carbonyl (C=O) groups is 1. The maximum Gasteiger partial charge on any atom is 0.323 e. The Morgan fingerprint density at radius 2 is 2.25 bits per heavy atom. The number of likely N-dealkylation sites (N-methyl/N-ethyl adjacent to an activating group) is 1. The Kier molecular flexibility index (Phi) is 4.81. The van der Waals surface area contributed by atoms with Gasteiger partial charge in [-0.25, -0.2) is 4.98 Å². The highest BCUT2D eigenvalue weighted by Crippen LogP contribution is 2.22. The highest BCUT2D eigenvalue weighted by atomic mass is 16.4. The monoisotopic (exact) mass is 279 g/mol. The summed E-state index contributed by atoms with van der Waals surface area (Å²) in [4.78, 5) is 15.9. The lowest BCUT2D eigenvalue weighted by atomic mass is 9.90. The van der Waals surface area contributed by atoms with Crippen LogP contribution in [-0.2, 0) is 24.2 Å². The highest BCUT2D eigenvalue weighted by molar-refractivity contribution is 5.78. The molecule has 2 rings (SSSR count). The first kappa shape index (κ1) is 15.0. The number of carboxylic acid groups (broad SMARTS) is 1. The largest absolute Gasteiger partial charge is 0.480 e. The Balaban J connectivity index is 1.95. The molecule has 1 aliphatic carbocycles. The second-order valence-electron chi connectivity index (χ2n) is 5.63. The molecule has 20 heavy (non-hydrogen) atoms. The number of hydrogen-bond acceptors (Lipinski definition) is 3. The van der Waals surface area contributed by atoms with E-state index in [1.54, 1.807) is 7.05 Å². The van der Waals surface area contributed by atoms with Crippen molar-refractivity contribution in [2.75, 3.05) is 7.05 Å². The molecular weight excluding hydrogens is 254 g/mol. The van der Waals surface area contributed by atoms with Crippen LogP contribution in [0.3, 0.4) is 0 Å². The van der Waals surface area contributed by atoms with E-state index in [0.717, 1.165) is 25.8 Å². The molecule has 0 radical (unpaired) electrons. The molecule has 0 saturated heterocycles. The van der Waals surface area contributed by atoms with Crippen molar-refractivity contribution in [2.45, 2.75) is 64.0 Å². The van der Waals surface area contributed by atoms with Gasteiger partial charge in [0.1, 0.15) is 5.54 Å². The fraction of sp³-hybridized carbons (Fsp3) is 0.733. The van der Waals surface area contributed by atoms with E-state index < -0.39 is 11.5 Å². The zero-order chi connectivity index (χ0) is 14.6. The standard InChI is InChI=1S/C15H25N3O2/c1-3-15(16-2,14(19)20)9-6-10-18-11-17-12-7-4-5-8-13(12)18/h11,16H,3-10H2,1-2H3,(H,19,20). The van der Waals surface area contributed by atoms with E-state index in [4.69, 9.17) is 0 Å². The van der Waals surface area contributed by atoms with Crippen LogP contribution in [0, 0.1) is 0 Å². The molecule has 0 fully saturated rings. The van der Waals surface area contributed by atoms with Gasteiger partial charge >= 0.3 is 5.97 Å². The zero-order valence-corrected chi connectivity index (χ0v) is 12.5. The third kappa shape index (κ3) is 2.87. The van der Waals surface area contributed by atoms with Crippen molar-refractivity contribution in [3.8, 4) is 0 Å². The normalized spacial score (nSPS) is 17.5. The number of rotatable bonds is 7. The van der Waals surface area contributed by atoms with Crippen molar-refractivity contribution < 1.29 is 9.90 Å². The van der Waals surface area contributed by atoms with Crippen molar-refractivity contribution in [2.24, 2.45) is 0 Å². The number of nitrogens with zero attached hydrogens (tertiary/aromatic N) is 2. The van der Waals surface area contributed by atoms with Crippen LogP contribution in [0.5, 0.6) is 0 Å². The molecule has 1 heterocycles. The summed E-state index contributed by atoms with van der Waals surface area (Å²) in [6.45, 7) is 2.78. The summed E-state index contributed by atoms with van der Waals surface area (Å²) in [5.74, 6) is -0.754. The molecule has 1 unspecified atom stereocenters. The summed E-state index contributed by atoms with van der Waals surface area (Å²) in [6.07, 6.45) is 8.69. The Morgan fingerprint density at radius 3 is 2.90 bits per heavy atom. The van der Waals surface area contributed by atoms with Gasteiger partial charge in [-0.3, -0.25) is 4.79 Å². The van der Waals surface area contributed by atoms with Gasteiger partial charge in [0.25, 0.3) is 0 Å². The number of imidazole rings is 1. The van der Waals surface area contributed by atoms with Crippen LogP contribution in [0.1, 0.15) is 50.4 Å². The fourth-order valence-corrected chi connectivity index (χ4v) is 3.12. The summed E-state index contributed by atoms with van der Waals surface area (Å²) in [6, 6.07) is 0. The predicted octanol–water partition coefficient (Wildman–Crippen LogP) is 1.99. The summed E-state index contributed by atoms with van der Waals surface area (Å²) in [7, 11) is 1.73. The van der Waals surface area contributed by atoms with Crippen LogP contribution in [0.4, 0.5) is 0 Å². The molecule has 112 valence electrons. The molecule has 1 atom stereocenters. The maximum absolute atomic E-state index is 11.4. The van der Waals surface area contributed by atoms with E-state index in [1.807, 2.05) is 13.3 Å². The number of aromatic nitrogens is 2. The second kappa shape index (κ2) is 6.39. The molecule has 0 aromatic carbocycles. The van der Waals surface area contributed by atoms with Crippen LogP contribution in [0.25, 0.3) is 0 Å². The van der Waals surface area contributed by atoms with Crippen LogP contribution in [0.15, 0.2) is 6.33 Å². The molecule has 1 aromatic heterocycles. The molecule has 0 amide bonds. The van der Waals surface area contributed by atoms with Gasteiger partial charge in [0.05, 0.1) is 12.0 Å². The summed E-state index contributed by atoms with van der Waals surface area (Å²) in [5.41, 5.74) is 1.81. The number of aryl methyl sites for hydroxylation is 2. The van der Waals surface area contributed by atoms with Crippen LogP contribution < -0.4 is 5.32 Å². The molecule has 5 nitrogen and oxygen atoms in total. The van der Waals surface area contributed by atoms with E-state index >= 15 is 0 Å². The first-order valence-electron chi connectivity index (χ1n) is 7.58. The van der Waals surface area contributed by atoms with Gasteiger partial charge in [0, 0.05) is 12.2 Å². The minimum Gasteiger partial charge on any atom is -0.480 e. The number of fused-ring (bicyclic) bond motifs is 1. The van der Waals surface area contributed by atoms with Crippen molar-refractivity contribution in [1.82, 2.24) is 14.9 Å². The van der Waals surface area contributed by atoms with Gasteiger partial charge in [0.15, 0.2) is 0 Å². The van der Waals surface area contributed by atoms with Crippen molar-refractivity contribution in [3.63, 3.8) is 0 Å². The van der Waals surface area contributed by atoms with E-state index in [2.05, 4.69) is 14.9 Å². The van der Waals surface area contributed by atoms with Gasteiger partial charge in [-0.05, 0) is 52.0 Å². The lowest BCUT2D eigenvalue weighted by Crippen LogP contribution is -2.49. The number of aliphatic carboxylic acids is 1. The van der Waals surface area contributed by atoms with Gasteiger partial charge in [-0.15, -0.1) is 0 Å². The van der Waals surface area contributed by atoms with E-state index in [1.165, 1.54) is 24.2 Å². The lowest BCUT2D eigenvalue weighted by Gasteiger charge is -2.27. The highest BCUT2D eigenvalue weighted by Gasteiger charge is 2.34. The number of carboxylic acids is 1. The van der Waals surface area contributed by atoms with Gasteiger partial charge in [-0.1, -0.05) is 6.92 Å². The maximum atomic E-state index is 11.4. The topological polar surface area (TPSA) is 67.2 Å². The van der Waals surface area contributed by atoms with Crippen molar-refractivity contribution in [1.29, 1.82) is 0 Å². The van der Waals surface area contributed by atoms with Crippen LogP contribution in [0.2, 0.25) is 0 Å². The quantitative estimate of drug-likeness (QED) is 0.801. The average Bonchev–Trinajstić information content (AvgIpc) is 2.87. The molecule has 0 saturated carbocycles. The average molecular weight is 279 g/mol. The summed E-state index contributed by atoms with van der Waals surface area (Å²) >= 11 is 0. The van der Waals surface area contributed by atoms with Gasteiger partial charge in [-0.2, -0.15) is 0 Å². The molecule has 5 heteroatoms. The first-order chi connectivity index (χ1) is 9.63. The van der Waals surface area contributed by atoms with Crippen molar-refractivity contribution >= 4 is 5.97 Å². The first-order valence-corrected chi connectivity index (χ1v) is 7.58. The van der Waals surface area contributed by atoms with Gasteiger partial charge < -0.3 is 15.0 Å². The van der Waals surface area contributed by atoms with E-state index in [0.29, 0.717) is 12.8 Å². The Morgan fingerprint density at radius 1 is 1.50 bits per heavy atom. The van der Waals surface area contributed by atoms with E-state index in [-0.39, 0.29) is 0 Å². The Hall–Kier alpha value is -1.36. The van der Waals surface area contributed by atoms with Crippen molar-refractivity contribution in [3.05, 3.63) is 17.7 Å². The third-order valence-corrected chi connectivity index (χ3v) is 4.60. The Bertz CT molecular complexity index is 464. The second-order valence-corrected chi connectivity index (χ2v) is 5.63. The summed E-state index contributed by atoms with van der Waals surface area (Å²) < 4.78 is 2.21. The van der Waals surface area contributed by atoms with E-state index in [9.17, 15) is 9.90 Å². The smallest absolute Gasteiger partial charge is 0.323 e. The van der Waals surface area contributed by atoms with Crippen LogP contribution >= 0.6 is 0 Å². The van der Waals surface area contributed by atoms with Gasteiger partial charge in [0.2, 0.25) is 0 Å². The molecule has 1 aliphatic rings. The number of hydrogen-bond donors (Lipinski definition) is 2. The molecule has 1 aromatic rings. The zero-order valence-electron chi connectivity index (χ0n) is 12.5. The Labute approximate surface area is 120 Å². The summed E-state index contributed by atoms with van der Waals surface area (Å²) in [5, 5.41) is 12.4. The minimum atomic E-state index is -0.791. The number of nitrogens with one attached hydrogen (secondary N) is 1. The third-order valence-electron chi connectivity index (χ3n) is 4.60. The molecule has 0 bridgehead atoms.